The normalized spacial score (nSPS) is 19.7. The molecular formula is C13H20Cl2N4. The van der Waals surface area contributed by atoms with Crippen LogP contribution in [0, 0.1) is 0 Å². The molecule has 1 fully saturated rings. The van der Waals surface area contributed by atoms with E-state index in [4.69, 9.17) is 23.2 Å². The van der Waals surface area contributed by atoms with Crippen LogP contribution >= 0.6 is 23.2 Å². The highest BCUT2D eigenvalue weighted by Gasteiger charge is 2.23. The van der Waals surface area contributed by atoms with Crippen molar-refractivity contribution in [3.8, 4) is 0 Å². The lowest BCUT2D eigenvalue weighted by Crippen LogP contribution is -2.37. The first-order valence-electron chi connectivity index (χ1n) is 6.48. The van der Waals surface area contributed by atoms with E-state index in [1.807, 2.05) is 7.05 Å². The van der Waals surface area contributed by atoms with Crippen LogP contribution in [0.25, 0.3) is 0 Å². The zero-order valence-electron chi connectivity index (χ0n) is 11.6. The molecule has 1 aliphatic heterocycles. The van der Waals surface area contributed by atoms with Gasteiger partial charge in [0.2, 0.25) is 0 Å². The van der Waals surface area contributed by atoms with Gasteiger partial charge in [-0.15, -0.1) is 0 Å². The van der Waals surface area contributed by atoms with E-state index in [1.54, 1.807) is 13.1 Å². The Morgan fingerprint density at radius 2 is 2.21 bits per heavy atom. The van der Waals surface area contributed by atoms with Gasteiger partial charge in [-0.2, -0.15) is 0 Å². The number of hydrogen-bond donors (Lipinski definition) is 1. The lowest BCUT2D eigenvalue weighted by Gasteiger charge is -2.27. The monoisotopic (exact) mass is 302 g/mol. The number of likely N-dealkylation sites (tertiary alicyclic amines) is 1. The Kier molecular flexibility index (Phi) is 4.76. The van der Waals surface area contributed by atoms with Crippen LogP contribution < -0.4 is 10.2 Å². The summed E-state index contributed by atoms with van der Waals surface area (Å²) in [5, 5.41) is 4.12. The highest BCUT2D eigenvalue weighted by atomic mass is 35.5. The molecule has 6 heteroatoms. The molecule has 0 aromatic carbocycles. The van der Waals surface area contributed by atoms with Crippen molar-refractivity contribution in [1.29, 1.82) is 0 Å². The third-order valence-electron chi connectivity index (χ3n) is 3.67. The average Bonchev–Trinajstić information content (AvgIpc) is 2.75. The maximum Gasteiger partial charge on any atom is 0.149 e. The number of halogens is 2. The average molecular weight is 303 g/mol. The summed E-state index contributed by atoms with van der Waals surface area (Å²) in [6, 6.07) is 2.31. The molecule has 1 aromatic rings. The van der Waals surface area contributed by atoms with Crippen LogP contribution in [-0.2, 0) is 0 Å². The SMILES string of the molecule is CNc1nc(N(C)CC2CCCN2C)c(Cl)cc1Cl. The van der Waals surface area contributed by atoms with Crippen molar-refractivity contribution in [2.75, 3.05) is 44.4 Å². The van der Waals surface area contributed by atoms with E-state index in [9.17, 15) is 0 Å². The number of anilines is 2. The van der Waals surface area contributed by atoms with Gasteiger partial charge in [0.05, 0.1) is 10.0 Å². The van der Waals surface area contributed by atoms with Crippen molar-refractivity contribution in [1.82, 2.24) is 9.88 Å². The zero-order chi connectivity index (χ0) is 14.0. The van der Waals surface area contributed by atoms with Crippen LogP contribution in [0.3, 0.4) is 0 Å². The fraction of sp³-hybridized carbons (Fsp3) is 0.615. The summed E-state index contributed by atoms with van der Waals surface area (Å²) in [6.45, 7) is 2.09. The van der Waals surface area contributed by atoms with Gasteiger partial charge in [0.1, 0.15) is 11.6 Å². The second kappa shape index (κ2) is 6.16. The first-order valence-corrected chi connectivity index (χ1v) is 7.23. The fourth-order valence-electron chi connectivity index (χ4n) is 2.51. The molecule has 1 unspecified atom stereocenters. The van der Waals surface area contributed by atoms with Gasteiger partial charge in [0, 0.05) is 26.7 Å². The first kappa shape index (κ1) is 14.7. The van der Waals surface area contributed by atoms with E-state index < -0.39 is 0 Å². The third-order valence-corrected chi connectivity index (χ3v) is 4.23. The summed E-state index contributed by atoms with van der Waals surface area (Å²) in [4.78, 5) is 8.98. The van der Waals surface area contributed by atoms with Crippen LogP contribution in [0.15, 0.2) is 6.07 Å². The Hall–Kier alpha value is -0.710. The van der Waals surface area contributed by atoms with Gasteiger partial charge < -0.3 is 15.1 Å². The Bertz CT molecular complexity index is 453. The van der Waals surface area contributed by atoms with E-state index in [0.717, 1.165) is 12.4 Å². The molecule has 1 aromatic heterocycles. The minimum absolute atomic E-state index is 0.544. The molecule has 0 aliphatic carbocycles. The summed E-state index contributed by atoms with van der Waals surface area (Å²) in [5.74, 6) is 1.43. The standard InChI is InChI=1S/C13H20Cl2N4/c1-16-12-10(14)7-11(15)13(17-12)19(3)8-9-5-4-6-18(9)2/h7,9H,4-6,8H2,1-3H3,(H,16,17). The second-order valence-corrected chi connectivity index (χ2v) is 5.85. The summed E-state index contributed by atoms with van der Waals surface area (Å²) in [6.07, 6.45) is 2.49. The van der Waals surface area contributed by atoms with Gasteiger partial charge in [0.25, 0.3) is 0 Å². The van der Waals surface area contributed by atoms with Crippen molar-refractivity contribution in [3.63, 3.8) is 0 Å². The van der Waals surface area contributed by atoms with Gasteiger partial charge in [0.15, 0.2) is 0 Å². The third kappa shape index (κ3) is 3.25. The van der Waals surface area contributed by atoms with Crippen molar-refractivity contribution in [3.05, 3.63) is 16.1 Å². The number of nitrogens with zero attached hydrogens (tertiary/aromatic N) is 3. The molecule has 0 bridgehead atoms. The summed E-state index contributed by atoms with van der Waals surface area (Å²) in [7, 11) is 5.99. The van der Waals surface area contributed by atoms with Gasteiger partial charge in [-0.25, -0.2) is 4.98 Å². The second-order valence-electron chi connectivity index (χ2n) is 5.03. The van der Waals surface area contributed by atoms with Crippen molar-refractivity contribution in [2.45, 2.75) is 18.9 Å². The number of likely N-dealkylation sites (N-methyl/N-ethyl adjacent to an activating group) is 2. The molecule has 1 aliphatic rings. The quantitative estimate of drug-likeness (QED) is 0.926. The molecule has 0 amide bonds. The number of aromatic nitrogens is 1. The maximum atomic E-state index is 6.25. The van der Waals surface area contributed by atoms with E-state index >= 15 is 0 Å². The maximum absolute atomic E-state index is 6.25. The lowest BCUT2D eigenvalue weighted by molar-refractivity contribution is 0.314. The van der Waals surface area contributed by atoms with E-state index in [0.29, 0.717) is 21.9 Å². The topological polar surface area (TPSA) is 31.4 Å². The highest BCUT2D eigenvalue weighted by Crippen LogP contribution is 2.31. The minimum Gasteiger partial charge on any atom is -0.372 e. The molecule has 1 saturated heterocycles. The molecule has 0 saturated carbocycles. The molecule has 2 rings (SSSR count). The van der Waals surface area contributed by atoms with Crippen LogP contribution in [0.5, 0.6) is 0 Å². The van der Waals surface area contributed by atoms with Crippen molar-refractivity contribution >= 4 is 34.8 Å². The molecule has 1 N–H and O–H groups in total. The first-order chi connectivity index (χ1) is 9.02. The minimum atomic E-state index is 0.544. The number of hydrogen-bond acceptors (Lipinski definition) is 4. The van der Waals surface area contributed by atoms with Crippen molar-refractivity contribution < 1.29 is 0 Å². The summed E-state index contributed by atoms with van der Waals surface area (Å²) in [5.41, 5.74) is 0. The summed E-state index contributed by atoms with van der Waals surface area (Å²) >= 11 is 12.3. The molecule has 2 heterocycles. The van der Waals surface area contributed by atoms with Gasteiger partial charge in [-0.1, -0.05) is 23.2 Å². The van der Waals surface area contributed by atoms with Crippen LogP contribution in [0.1, 0.15) is 12.8 Å². The smallest absolute Gasteiger partial charge is 0.149 e. The van der Waals surface area contributed by atoms with Gasteiger partial charge in [-0.3, -0.25) is 0 Å². The summed E-state index contributed by atoms with van der Waals surface area (Å²) < 4.78 is 0. The zero-order valence-corrected chi connectivity index (χ0v) is 13.1. The van der Waals surface area contributed by atoms with Crippen LogP contribution in [0.4, 0.5) is 11.6 Å². The largest absolute Gasteiger partial charge is 0.372 e. The van der Waals surface area contributed by atoms with E-state index in [1.165, 1.54) is 19.4 Å². The number of rotatable bonds is 4. The van der Waals surface area contributed by atoms with E-state index in [-0.39, 0.29) is 0 Å². The molecule has 106 valence electrons. The molecule has 0 spiro atoms. The molecule has 4 nitrogen and oxygen atoms in total. The Balaban J connectivity index is 2.16. The van der Waals surface area contributed by atoms with Crippen molar-refractivity contribution in [2.24, 2.45) is 0 Å². The van der Waals surface area contributed by atoms with Gasteiger partial charge in [-0.05, 0) is 32.5 Å². The predicted octanol–water partition coefficient (Wildman–Crippen LogP) is 2.96. The highest BCUT2D eigenvalue weighted by molar-refractivity contribution is 6.37. The lowest BCUT2D eigenvalue weighted by atomic mass is 10.2. The van der Waals surface area contributed by atoms with E-state index in [2.05, 4.69) is 27.1 Å². The van der Waals surface area contributed by atoms with Crippen LogP contribution in [-0.4, -0.2) is 50.2 Å². The Labute approximate surface area is 124 Å². The van der Waals surface area contributed by atoms with Crippen LogP contribution in [0.2, 0.25) is 10.0 Å². The fourth-order valence-corrected chi connectivity index (χ4v) is 3.11. The molecule has 19 heavy (non-hydrogen) atoms. The molecule has 1 atom stereocenters. The number of pyridine rings is 1. The Morgan fingerprint density at radius 3 is 2.79 bits per heavy atom. The number of nitrogens with one attached hydrogen (secondary N) is 1. The predicted molar refractivity (Wildman–Crippen MR) is 82.7 cm³/mol. The molecular weight excluding hydrogens is 283 g/mol. The Morgan fingerprint density at radius 1 is 1.47 bits per heavy atom. The van der Waals surface area contributed by atoms with Gasteiger partial charge >= 0.3 is 0 Å². The molecule has 0 radical (unpaired) electrons.